The minimum atomic E-state index is -1.49. The van der Waals surface area contributed by atoms with E-state index in [2.05, 4.69) is 79.7 Å². The van der Waals surface area contributed by atoms with E-state index in [4.69, 9.17) is 0 Å². The SMILES string of the molecule is [Se]=P([C]#[W])(c1ccccc1)c1ccccc1. The Morgan fingerprint density at radius 2 is 1.19 bits per heavy atom. The molecule has 2 rings (SSSR count). The van der Waals surface area contributed by atoms with E-state index >= 15 is 0 Å². The van der Waals surface area contributed by atoms with Crippen LogP contribution in [0.25, 0.3) is 0 Å². The number of benzene rings is 2. The summed E-state index contributed by atoms with van der Waals surface area (Å²) < 4.78 is 3.55. The molecule has 0 bridgehead atoms. The molecule has 0 radical (unpaired) electrons. The summed E-state index contributed by atoms with van der Waals surface area (Å²) in [5.41, 5.74) is -1.49. The molecule has 0 amide bonds. The summed E-state index contributed by atoms with van der Waals surface area (Å²) in [5, 5.41) is 2.72. The molecule has 0 aliphatic heterocycles. The molecular weight excluding hydrogens is 450 g/mol. The van der Waals surface area contributed by atoms with Crippen LogP contribution in [-0.4, -0.2) is 15.1 Å². The van der Waals surface area contributed by atoms with Crippen molar-refractivity contribution in [2.24, 2.45) is 0 Å². The van der Waals surface area contributed by atoms with Crippen LogP contribution in [0.5, 0.6) is 0 Å². The Morgan fingerprint density at radius 3 is 1.50 bits per heavy atom. The molecule has 79 valence electrons. The van der Waals surface area contributed by atoms with Crippen LogP contribution < -0.4 is 10.6 Å². The van der Waals surface area contributed by atoms with Crippen LogP contribution in [-0.2, 0) is 19.2 Å². The molecule has 0 saturated heterocycles. The van der Waals surface area contributed by atoms with Crippen LogP contribution in [0.15, 0.2) is 60.7 Å². The average Bonchev–Trinajstić information content (AvgIpc) is 2.40. The van der Waals surface area contributed by atoms with Gasteiger partial charge in [0.1, 0.15) is 0 Å². The molecular formula is C13H10PSeW. The van der Waals surface area contributed by atoms with E-state index in [1.54, 1.807) is 0 Å². The van der Waals surface area contributed by atoms with Gasteiger partial charge in [-0.15, -0.1) is 0 Å². The van der Waals surface area contributed by atoms with Crippen LogP contribution in [0.1, 0.15) is 0 Å². The van der Waals surface area contributed by atoms with Gasteiger partial charge in [-0.3, -0.25) is 0 Å². The second-order valence-electron chi connectivity index (χ2n) is 3.37. The Balaban J connectivity index is 2.60. The third-order valence-corrected chi connectivity index (χ3v) is 13.9. The van der Waals surface area contributed by atoms with Gasteiger partial charge in [-0.05, 0) is 0 Å². The first-order chi connectivity index (χ1) is 7.77. The summed E-state index contributed by atoms with van der Waals surface area (Å²) >= 11 is 4.79. The fourth-order valence-corrected chi connectivity index (χ4v) is 7.03. The molecule has 0 N–H and O–H groups in total. The molecule has 16 heavy (non-hydrogen) atoms. The van der Waals surface area contributed by atoms with Crippen molar-refractivity contribution in [2.75, 3.05) is 0 Å². The van der Waals surface area contributed by atoms with Gasteiger partial charge in [0, 0.05) is 0 Å². The first kappa shape index (κ1) is 12.3. The summed E-state index contributed by atoms with van der Waals surface area (Å²) in [7, 11) is 0. The zero-order valence-electron chi connectivity index (χ0n) is 8.54. The van der Waals surface area contributed by atoms with E-state index in [-0.39, 0.29) is 0 Å². The third-order valence-electron chi connectivity index (χ3n) is 2.37. The minimum absolute atomic E-state index is 1.36. The summed E-state index contributed by atoms with van der Waals surface area (Å²) in [6.45, 7) is 0. The molecule has 0 saturated carbocycles. The zero-order chi connectivity index (χ0) is 11.4. The van der Waals surface area contributed by atoms with Crippen molar-refractivity contribution in [1.82, 2.24) is 0 Å². The van der Waals surface area contributed by atoms with Gasteiger partial charge in [0.05, 0.1) is 0 Å². The Labute approximate surface area is 114 Å². The van der Waals surface area contributed by atoms with Gasteiger partial charge in [-0.2, -0.15) is 0 Å². The van der Waals surface area contributed by atoms with Gasteiger partial charge in [-0.25, -0.2) is 0 Å². The van der Waals surface area contributed by atoms with Crippen molar-refractivity contribution in [3.8, 4) is 3.94 Å². The molecule has 3 heteroatoms. The second kappa shape index (κ2) is 5.46. The third kappa shape index (κ3) is 2.41. The van der Waals surface area contributed by atoms with Crippen LogP contribution in [0, 0.1) is 3.94 Å². The van der Waals surface area contributed by atoms with Crippen LogP contribution in [0.2, 0.25) is 0 Å². The van der Waals surface area contributed by atoms with Crippen molar-refractivity contribution < 1.29 is 19.2 Å². The first-order valence-electron chi connectivity index (χ1n) is 4.88. The number of rotatable bonds is 2. The van der Waals surface area contributed by atoms with E-state index in [1.807, 2.05) is 0 Å². The second-order valence-corrected chi connectivity index (χ2v) is 11.2. The van der Waals surface area contributed by atoms with Gasteiger partial charge in [-0.1, -0.05) is 0 Å². The van der Waals surface area contributed by atoms with Gasteiger partial charge in [0.2, 0.25) is 0 Å². The predicted molar refractivity (Wildman–Crippen MR) is 68.7 cm³/mol. The monoisotopic (exact) mass is 461 g/mol. The molecule has 2 aromatic rings. The van der Waals surface area contributed by atoms with Gasteiger partial charge in [0.25, 0.3) is 0 Å². The fraction of sp³-hybridized carbons (Fsp3) is 0. The first-order valence-corrected chi connectivity index (χ1v) is 10.4. The molecule has 0 atom stereocenters. The van der Waals surface area contributed by atoms with Crippen LogP contribution in [0.4, 0.5) is 0 Å². The molecule has 0 aliphatic carbocycles. The Bertz CT molecular complexity index is 514. The molecule has 0 aromatic heterocycles. The average molecular weight is 460 g/mol. The van der Waals surface area contributed by atoms with Gasteiger partial charge < -0.3 is 0 Å². The van der Waals surface area contributed by atoms with Crippen molar-refractivity contribution in [3.05, 3.63) is 60.7 Å². The molecule has 0 unspecified atom stereocenters. The van der Waals surface area contributed by atoms with Crippen molar-refractivity contribution in [1.29, 1.82) is 0 Å². The van der Waals surface area contributed by atoms with E-state index in [1.165, 1.54) is 29.8 Å². The summed E-state index contributed by atoms with van der Waals surface area (Å²) in [6, 6.07) is 21.2. The van der Waals surface area contributed by atoms with Crippen LogP contribution in [0.3, 0.4) is 0 Å². The van der Waals surface area contributed by atoms with Crippen LogP contribution >= 0.6 is 5.51 Å². The summed E-state index contributed by atoms with van der Waals surface area (Å²) in [5.74, 6) is 0. The van der Waals surface area contributed by atoms with Gasteiger partial charge in [0.15, 0.2) is 0 Å². The maximum atomic E-state index is 3.55. The van der Waals surface area contributed by atoms with Crippen molar-refractivity contribution >= 4 is 31.2 Å². The molecule has 0 nitrogen and oxygen atoms in total. The quantitative estimate of drug-likeness (QED) is 0.477. The molecule has 0 aliphatic rings. The van der Waals surface area contributed by atoms with E-state index < -0.39 is 5.51 Å². The molecule has 0 fully saturated rings. The fourth-order valence-electron chi connectivity index (χ4n) is 1.53. The molecule has 2 aromatic carbocycles. The topological polar surface area (TPSA) is 0 Å². The van der Waals surface area contributed by atoms with E-state index in [0.717, 1.165) is 0 Å². The zero-order valence-corrected chi connectivity index (χ0v) is 14.1. The number of hydrogen-bond donors (Lipinski definition) is 0. The van der Waals surface area contributed by atoms with E-state index in [9.17, 15) is 0 Å². The maximum absolute atomic E-state index is 3.55. The van der Waals surface area contributed by atoms with Crippen molar-refractivity contribution in [3.63, 3.8) is 0 Å². The normalized spacial score (nSPS) is 10.7. The standard InChI is InChI=1S/C13H10PSe.W/c1-14(15,12-8-4-2-5-9-12)13-10-6-3-7-11-13;/h2-11H;. The van der Waals surface area contributed by atoms with Gasteiger partial charge >= 0.3 is 115 Å². The predicted octanol–water partition coefficient (Wildman–Crippen LogP) is 2.20. The van der Waals surface area contributed by atoms with E-state index in [0.29, 0.717) is 0 Å². The summed E-state index contributed by atoms with van der Waals surface area (Å²) in [6.07, 6.45) is 0. The molecule has 0 heterocycles. The molecule has 0 spiro atoms. The number of hydrogen-bond acceptors (Lipinski definition) is 0. The Kier molecular flexibility index (Phi) is 4.20. The van der Waals surface area contributed by atoms with Crippen molar-refractivity contribution in [2.45, 2.75) is 0 Å². The summed E-state index contributed by atoms with van der Waals surface area (Å²) in [4.78, 5) is 0. The Morgan fingerprint density at radius 1 is 0.812 bits per heavy atom. The Hall–Kier alpha value is -0.142.